The van der Waals surface area contributed by atoms with Crippen LogP contribution in [-0.4, -0.2) is 48.8 Å². The number of aromatic nitrogens is 2. The highest BCUT2D eigenvalue weighted by Gasteiger charge is 2.28. The van der Waals surface area contributed by atoms with E-state index in [1.165, 1.54) is 0 Å². The number of hydrogen-bond donors (Lipinski definition) is 2. The smallest absolute Gasteiger partial charge is 0.151 e. The van der Waals surface area contributed by atoms with E-state index >= 15 is 0 Å². The van der Waals surface area contributed by atoms with Crippen LogP contribution in [-0.2, 0) is 16.4 Å². The Morgan fingerprint density at radius 2 is 2.44 bits per heavy atom. The van der Waals surface area contributed by atoms with Crippen LogP contribution >= 0.6 is 0 Å². The van der Waals surface area contributed by atoms with Gasteiger partial charge in [-0.15, -0.1) is 0 Å². The zero-order valence-corrected chi connectivity index (χ0v) is 11.0. The van der Waals surface area contributed by atoms with Crippen LogP contribution in [0.1, 0.15) is 6.42 Å². The van der Waals surface area contributed by atoms with Crippen molar-refractivity contribution in [1.29, 1.82) is 0 Å². The Balaban J connectivity index is 1.51. The molecule has 0 radical (unpaired) electrons. The highest BCUT2D eigenvalue weighted by Crippen LogP contribution is 2.17. The summed E-state index contributed by atoms with van der Waals surface area (Å²) in [5, 5.41) is 10.9. The van der Waals surface area contributed by atoms with Crippen LogP contribution < -0.4 is 10.6 Å². The summed E-state index contributed by atoms with van der Waals surface area (Å²) in [5.74, 6) is 2.15. The van der Waals surface area contributed by atoms with E-state index in [0.717, 1.165) is 31.9 Å². The molecule has 0 aliphatic carbocycles. The molecule has 100 valence electrons. The van der Waals surface area contributed by atoms with Gasteiger partial charge in [0.15, 0.2) is 9.84 Å². The van der Waals surface area contributed by atoms with E-state index in [2.05, 4.69) is 15.7 Å². The van der Waals surface area contributed by atoms with E-state index < -0.39 is 9.84 Å². The van der Waals surface area contributed by atoms with Gasteiger partial charge in [-0.1, -0.05) is 0 Å². The van der Waals surface area contributed by atoms with Crippen molar-refractivity contribution < 1.29 is 8.42 Å². The Morgan fingerprint density at radius 1 is 1.56 bits per heavy atom. The highest BCUT2D eigenvalue weighted by atomic mass is 32.2. The van der Waals surface area contributed by atoms with E-state index in [0.29, 0.717) is 17.4 Å². The predicted molar refractivity (Wildman–Crippen MR) is 69.3 cm³/mol. The van der Waals surface area contributed by atoms with E-state index in [9.17, 15) is 8.42 Å². The highest BCUT2D eigenvalue weighted by molar-refractivity contribution is 7.91. The fourth-order valence-corrected chi connectivity index (χ4v) is 4.32. The molecule has 3 rings (SSSR count). The minimum absolute atomic E-state index is 0.133. The lowest BCUT2D eigenvalue weighted by atomic mass is 10.1. The Bertz CT molecular complexity index is 525. The maximum absolute atomic E-state index is 11.4. The average molecular weight is 270 g/mol. The lowest BCUT2D eigenvalue weighted by molar-refractivity contribution is 0.375. The molecular weight excluding hydrogens is 252 g/mol. The largest absolute Gasteiger partial charge is 0.370 e. The molecule has 2 atom stereocenters. The molecule has 7 heteroatoms. The van der Waals surface area contributed by atoms with Gasteiger partial charge in [0.05, 0.1) is 17.7 Å². The summed E-state index contributed by atoms with van der Waals surface area (Å²) in [6.07, 6.45) is 2.54. The molecule has 0 aromatic carbocycles. The summed E-state index contributed by atoms with van der Waals surface area (Å²) in [6.45, 7) is 2.65. The van der Waals surface area contributed by atoms with Crippen LogP contribution in [0.15, 0.2) is 12.3 Å². The van der Waals surface area contributed by atoms with Crippen molar-refractivity contribution in [2.24, 2.45) is 5.92 Å². The van der Waals surface area contributed by atoms with Crippen LogP contribution in [0, 0.1) is 5.92 Å². The fraction of sp³-hybridized carbons (Fsp3) is 0.727. The number of hydrogen-bond acceptors (Lipinski definition) is 5. The van der Waals surface area contributed by atoms with Gasteiger partial charge in [-0.05, 0) is 6.42 Å². The fourth-order valence-electron chi connectivity index (χ4n) is 2.61. The quantitative estimate of drug-likeness (QED) is 0.789. The maximum Gasteiger partial charge on any atom is 0.151 e. The van der Waals surface area contributed by atoms with E-state index in [1.807, 2.05) is 10.7 Å². The second-order valence-corrected chi connectivity index (χ2v) is 7.38. The van der Waals surface area contributed by atoms with Crippen LogP contribution in [0.2, 0.25) is 0 Å². The summed E-state index contributed by atoms with van der Waals surface area (Å²) >= 11 is 0. The number of sulfone groups is 1. The Hall–Kier alpha value is -1.08. The molecule has 1 aromatic rings. The summed E-state index contributed by atoms with van der Waals surface area (Å²) in [4.78, 5) is 0. The molecule has 2 aliphatic rings. The third-order valence-electron chi connectivity index (χ3n) is 3.65. The molecule has 1 aromatic heterocycles. The summed E-state index contributed by atoms with van der Waals surface area (Å²) in [6, 6.07) is 2.10. The molecule has 0 amide bonds. The first-order valence-corrected chi connectivity index (χ1v) is 8.14. The lowest BCUT2D eigenvalue weighted by Crippen LogP contribution is -2.40. The number of anilines is 1. The van der Waals surface area contributed by atoms with Crippen LogP contribution in [0.4, 0.5) is 5.82 Å². The molecule has 1 fully saturated rings. The van der Waals surface area contributed by atoms with Crippen LogP contribution in [0.5, 0.6) is 0 Å². The summed E-state index contributed by atoms with van der Waals surface area (Å²) in [7, 11) is -2.78. The zero-order chi connectivity index (χ0) is 12.6. The molecule has 0 spiro atoms. The van der Waals surface area contributed by atoms with Crippen molar-refractivity contribution >= 4 is 15.7 Å². The third kappa shape index (κ3) is 2.51. The Morgan fingerprint density at radius 3 is 3.22 bits per heavy atom. The normalized spacial score (nSPS) is 29.8. The van der Waals surface area contributed by atoms with Crippen molar-refractivity contribution in [3.63, 3.8) is 0 Å². The van der Waals surface area contributed by atoms with Crippen molar-refractivity contribution in [2.75, 3.05) is 29.9 Å². The van der Waals surface area contributed by atoms with Gasteiger partial charge >= 0.3 is 0 Å². The number of rotatable bonds is 3. The first-order chi connectivity index (χ1) is 8.62. The molecule has 2 unspecified atom stereocenters. The lowest BCUT2D eigenvalue weighted by Gasteiger charge is -2.26. The van der Waals surface area contributed by atoms with Crippen molar-refractivity contribution in [2.45, 2.75) is 19.0 Å². The summed E-state index contributed by atoms with van der Waals surface area (Å²) in [5.41, 5.74) is 0. The Labute approximate surface area is 107 Å². The molecule has 0 bridgehead atoms. The molecule has 18 heavy (non-hydrogen) atoms. The van der Waals surface area contributed by atoms with Crippen LogP contribution in [0.25, 0.3) is 0 Å². The average Bonchev–Trinajstić information content (AvgIpc) is 2.92. The number of nitrogens with zero attached hydrogens (tertiary/aromatic N) is 2. The number of fused-ring (bicyclic) bond motifs is 1. The molecule has 3 heterocycles. The van der Waals surface area contributed by atoms with E-state index in [1.54, 1.807) is 6.20 Å². The van der Waals surface area contributed by atoms with Crippen molar-refractivity contribution in [3.05, 3.63) is 12.3 Å². The van der Waals surface area contributed by atoms with Crippen LogP contribution in [0.3, 0.4) is 0 Å². The molecule has 1 saturated heterocycles. The first kappa shape index (κ1) is 12.0. The second-order valence-electron chi connectivity index (χ2n) is 5.15. The molecule has 6 nitrogen and oxygen atoms in total. The first-order valence-electron chi connectivity index (χ1n) is 6.32. The molecule has 2 aliphatic heterocycles. The minimum atomic E-state index is -2.78. The topological polar surface area (TPSA) is 76.0 Å². The van der Waals surface area contributed by atoms with Gasteiger partial charge in [-0.25, -0.2) is 13.1 Å². The van der Waals surface area contributed by atoms with Gasteiger partial charge < -0.3 is 10.6 Å². The standard InChI is InChI=1S/C11H18N4O2S/c16-18(17)4-2-10(8-18)12-5-9-6-13-11-1-3-14-15(11)7-9/h1,3,9-10,12-13H,2,4-8H2. The second kappa shape index (κ2) is 4.55. The zero-order valence-electron chi connectivity index (χ0n) is 10.2. The van der Waals surface area contributed by atoms with Gasteiger partial charge in [0.2, 0.25) is 0 Å². The predicted octanol–water partition coefficient (Wildman–Crippen LogP) is -0.298. The van der Waals surface area contributed by atoms with Crippen molar-refractivity contribution in [3.8, 4) is 0 Å². The maximum atomic E-state index is 11.4. The molecular formula is C11H18N4O2S. The van der Waals surface area contributed by atoms with E-state index in [4.69, 9.17) is 0 Å². The van der Waals surface area contributed by atoms with Gasteiger partial charge in [0.1, 0.15) is 5.82 Å². The molecule has 0 saturated carbocycles. The Kier molecular flexibility index (Phi) is 3.03. The SMILES string of the molecule is O=S1(=O)CCC(NCC2CNc3ccnn3C2)C1. The number of nitrogens with one attached hydrogen (secondary N) is 2. The minimum Gasteiger partial charge on any atom is -0.370 e. The molecule has 2 N–H and O–H groups in total. The van der Waals surface area contributed by atoms with Gasteiger partial charge in [-0.3, -0.25) is 0 Å². The van der Waals surface area contributed by atoms with Gasteiger partial charge in [0, 0.05) is 37.7 Å². The monoisotopic (exact) mass is 270 g/mol. The van der Waals surface area contributed by atoms with Gasteiger partial charge in [-0.2, -0.15) is 5.10 Å². The summed E-state index contributed by atoms with van der Waals surface area (Å²) < 4.78 is 24.7. The van der Waals surface area contributed by atoms with Gasteiger partial charge in [0.25, 0.3) is 0 Å². The van der Waals surface area contributed by atoms with E-state index in [-0.39, 0.29) is 6.04 Å². The third-order valence-corrected chi connectivity index (χ3v) is 5.42. The van der Waals surface area contributed by atoms with Crippen molar-refractivity contribution in [1.82, 2.24) is 15.1 Å².